The first-order valence-corrected chi connectivity index (χ1v) is 6.98. The zero-order chi connectivity index (χ0) is 13.7. The molecule has 1 atom stereocenters. The third-order valence-electron chi connectivity index (χ3n) is 3.53. The Kier molecular flexibility index (Phi) is 5.19. The SMILES string of the molecule is CCc1ccc(OCC(O)CNC2CC(O)C2)cc1. The van der Waals surface area contributed by atoms with Crippen LogP contribution in [0.25, 0.3) is 0 Å². The van der Waals surface area contributed by atoms with E-state index in [0.717, 1.165) is 25.0 Å². The fraction of sp³-hybridized carbons (Fsp3) is 0.600. The van der Waals surface area contributed by atoms with E-state index >= 15 is 0 Å². The highest BCUT2D eigenvalue weighted by Crippen LogP contribution is 2.19. The van der Waals surface area contributed by atoms with Gasteiger partial charge in [-0.1, -0.05) is 19.1 Å². The van der Waals surface area contributed by atoms with Gasteiger partial charge in [0, 0.05) is 12.6 Å². The molecule has 106 valence electrons. The molecule has 1 aromatic carbocycles. The van der Waals surface area contributed by atoms with E-state index in [1.54, 1.807) is 0 Å². The van der Waals surface area contributed by atoms with E-state index in [0.29, 0.717) is 12.6 Å². The minimum atomic E-state index is -0.524. The van der Waals surface area contributed by atoms with Crippen LogP contribution in [0.3, 0.4) is 0 Å². The van der Waals surface area contributed by atoms with Crippen LogP contribution in [-0.2, 0) is 6.42 Å². The molecule has 1 unspecified atom stereocenters. The molecular formula is C15H23NO3. The summed E-state index contributed by atoms with van der Waals surface area (Å²) in [6.07, 6.45) is 1.89. The molecule has 0 radical (unpaired) electrons. The summed E-state index contributed by atoms with van der Waals surface area (Å²) in [6, 6.07) is 8.28. The maximum atomic E-state index is 9.80. The molecular weight excluding hydrogens is 242 g/mol. The Balaban J connectivity index is 1.63. The summed E-state index contributed by atoms with van der Waals surface area (Å²) >= 11 is 0. The molecule has 1 aromatic rings. The van der Waals surface area contributed by atoms with Gasteiger partial charge in [-0.15, -0.1) is 0 Å². The first-order valence-electron chi connectivity index (χ1n) is 6.98. The fourth-order valence-corrected chi connectivity index (χ4v) is 2.13. The van der Waals surface area contributed by atoms with Gasteiger partial charge in [0.2, 0.25) is 0 Å². The van der Waals surface area contributed by atoms with Gasteiger partial charge in [0.25, 0.3) is 0 Å². The van der Waals surface area contributed by atoms with E-state index in [9.17, 15) is 5.11 Å². The van der Waals surface area contributed by atoms with Crippen LogP contribution >= 0.6 is 0 Å². The highest BCUT2D eigenvalue weighted by molar-refractivity contribution is 5.27. The Labute approximate surface area is 114 Å². The number of aryl methyl sites for hydroxylation is 1. The topological polar surface area (TPSA) is 61.7 Å². The van der Waals surface area contributed by atoms with Crippen LogP contribution in [0.15, 0.2) is 24.3 Å². The number of benzene rings is 1. The molecule has 1 saturated carbocycles. The molecule has 0 heterocycles. The minimum absolute atomic E-state index is 0.164. The highest BCUT2D eigenvalue weighted by Gasteiger charge is 2.26. The Hall–Kier alpha value is -1.10. The molecule has 2 rings (SSSR count). The average molecular weight is 265 g/mol. The summed E-state index contributed by atoms with van der Waals surface area (Å²) in [6.45, 7) is 2.90. The van der Waals surface area contributed by atoms with Crippen molar-refractivity contribution >= 4 is 0 Å². The number of aliphatic hydroxyl groups excluding tert-OH is 2. The molecule has 0 amide bonds. The molecule has 1 aliphatic rings. The third kappa shape index (κ3) is 4.49. The van der Waals surface area contributed by atoms with Crippen LogP contribution in [0.4, 0.5) is 0 Å². The molecule has 0 aliphatic heterocycles. The maximum Gasteiger partial charge on any atom is 0.119 e. The standard InChI is InChI=1S/C15H23NO3/c1-2-11-3-5-15(6-4-11)19-10-14(18)9-16-12-7-13(17)8-12/h3-6,12-14,16-18H,2,7-10H2,1H3. The van der Waals surface area contributed by atoms with Gasteiger partial charge in [-0.05, 0) is 37.0 Å². The fourth-order valence-electron chi connectivity index (χ4n) is 2.13. The van der Waals surface area contributed by atoms with E-state index in [1.165, 1.54) is 5.56 Å². The Bertz CT molecular complexity index is 373. The zero-order valence-corrected chi connectivity index (χ0v) is 11.4. The first-order chi connectivity index (χ1) is 9.17. The number of aliphatic hydroxyl groups is 2. The van der Waals surface area contributed by atoms with Crippen LogP contribution in [0, 0.1) is 0 Å². The lowest BCUT2D eigenvalue weighted by atomic mass is 9.89. The molecule has 3 N–H and O–H groups in total. The van der Waals surface area contributed by atoms with Gasteiger partial charge in [-0.25, -0.2) is 0 Å². The van der Waals surface area contributed by atoms with E-state index in [4.69, 9.17) is 9.84 Å². The molecule has 1 fully saturated rings. The van der Waals surface area contributed by atoms with Crippen molar-refractivity contribution in [3.05, 3.63) is 29.8 Å². The normalized spacial score (nSPS) is 23.7. The summed E-state index contributed by atoms with van der Waals surface area (Å²) in [4.78, 5) is 0. The number of hydrogen-bond donors (Lipinski definition) is 3. The average Bonchev–Trinajstić information content (AvgIpc) is 2.40. The Morgan fingerprint density at radius 1 is 1.32 bits per heavy atom. The lowest BCUT2D eigenvalue weighted by molar-refractivity contribution is 0.0488. The molecule has 0 aromatic heterocycles. The van der Waals surface area contributed by atoms with E-state index in [1.807, 2.05) is 24.3 Å². The lowest BCUT2D eigenvalue weighted by Crippen LogP contribution is -2.47. The lowest BCUT2D eigenvalue weighted by Gasteiger charge is -2.32. The third-order valence-corrected chi connectivity index (χ3v) is 3.53. The van der Waals surface area contributed by atoms with Crippen LogP contribution < -0.4 is 10.1 Å². The second-order valence-corrected chi connectivity index (χ2v) is 5.19. The van der Waals surface area contributed by atoms with Gasteiger partial charge in [-0.2, -0.15) is 0 Å². The number of rotatable bonds is 7. The highest BCUT2D eigenvalue weighted by atomic mass is 16.5. The van der Waals surface area contributed by atoms with Gasteiger partial charge in [0.1, 0.15) is 18.5 Å². The number of hydrogen-bond acceptors (Lipinski definition) is 4. The van der Waals surface area contributed by atoms with E-state index in [-0.39, 0.29) is 12.7 Å². The van der Waals surface area contributed by atoms with Gasteiger partial charge >= 0.3 is 0 Å². The molecule has 0 bridgehead atoms. The van der Waals surface area contributed by atoms with Crippen LogP contribution in [0.5, 0.6) is 5.75 Å². The van der Waals surface area contributed by atoms with E-state index in [2.05, 4.69) is 12.2 Å². The van der Waals surface area contributed by atoms with Crippen molar-refractivity contribution in [1.82, 2.24) is 5.32 Å². The van der Waals surface area contributed by atoms with Crippen molar-refractivity contribution < 1.29 is 14.9 Å². The summed E-state index contributed by atoms with van der Waals surface area (Å²) in [5, 5.41) is 22.2. The Morgan fingerprint density at radius 3 is 2.58 bits per heavy atom. The summed E-state index contributed by atoms with van der Waals surface area (Å²) < 4.78 is 5.53. The monoisotopic (exact) mass is 265 g/mol. The smallest absolute Gasteiger partial charge is 0.119 e. The van der Waals surface area contributed by atoms with Gasteiger partial charge in [0.15, 0.2) is 0 Å². The van der Waals surface area contributed by atoms with Crippen molar-refractivity contribution in [2.24, 2.45) is 0 Å². The molecule has 19 heavy (non-hydrogen) atoms. The van der Waals surface area contributed by atoms with Crippen LogP contribution in [0.1, 0.15) is 25.3 Å². The van der Waals surface area contributed by atoms with Crippen molar-refractivity contribution in [1.29, 1.82) is 0 Å². The van der Waals surface area contributed by atoms with Crippen molar-refractivity contribution in [3.8, 4) is 5.75 Å². The quantitative estimate of drug-likeness (QED) is 0.691. The Morgan fingerprint density at radius 2 is 2.00 bits per heavy atom. The minimum Gasteiger partial charge on any atom is -0.491 e. The summed E-state index contributed by atoms with van der Waals surface area (Å²) in [5.41, 5.74) is 1.28. The summed E-state index contributed by atoms with van der Waals surface area (Å²) in [5.74, 6) is 0.787. The van der Waals surface area contributed by atoms with E-state index < -0.39 is 6.10 Å². The van der Waals surface area contributed by atoms with Crippen molar-refractivity contribution in [2.75, 3.05) is 13.2 Å². The van der Waals surface area contributed by atoms with Crippen LogP contribution in [-0.4, -0.2) is 41.6 Å². The molecule has 1 aliphatic carbocycles. The van der Waals surface area contributed by atoms with Gasteiger partial charge < -0.3 is 20.3 Å². The van der Waals surface area contributed by atoms with Gasteiger partial charge in [-0.3, -0.25) is 0 Å². The largest absolute Gasteiger partial charge is 0.491 e. The van der Waals surface area contributed by atoms with Gasteiger partial charge in [0.05, 0.1) is 6.10 Å². The second-order valence-electron chi connectivity index (χ2n) is 5.19. The zero-order valence-electron chi connectivity index (χ0n) is 11.4. The number of nitrogens with one attached hydrogen (secondary N) is 1. The maximum absolute atomic E-state index is 9.80. The first kappa shape index (κ1) is 14.3. The predicted molar refractivity (Wildman–Crippen MR) is 74.4 cm³/mol. The molecule has 0 saturated heterocycles. The van der Waals surface area contributed by atoms with Crippen molar-refractivity contribution in [2.45, 2.75) is 44.4 Å². The number of ether oxygens (including phenoxy) is 1. The molecule has 4 heteroatoms. The molecule has 0 spiro atoms. The van der Waals surface area contributed by atoms with Crippen LogP contribution in [0.2, 0.25) is 0 Å². The molecule has 4 nitrogen and oxygen atoms in total. The van der Waals surface area contributed by atoms with Crippen molar-refractivity contribution in [3.63, 3.8) is 0 Å². The second kappa shape index (κ2) is 6.89. The predicted octanol–water partition coefficient (Wildman–Crippen LogP) is 1.10. The summed E-state index contributed by atoms with van der Waals surface area (Å²) in [7, 11) is 0.